The molecule has 0 radical (unpaired) electrons. The average Bonchev–Trinajstić information content (AvgIpc) is 3.06. The van der Waals surface area contributed by atoms with Gasteiger partial charge in [-0.05, 0) is 17.5 Å². The monoisotopic (exact) mass is 305 g/mol. The molecule has 106 valence electrons. The van der Waals surface area contributed by atoms with Gasteiger partial charge in [-0.1, -0.05) is 11.2 Å². The highest BCUT2D eigenvalue weighted by atomic mass is 32.1. The van der Waals surface area contributed by atoms with E-state index in [1.54, 1.807) is 0 Å². The van der Waals surface area contributed by atoms with Crippen LogP contribution in [0.3, 0.4) is 0 Å². The number of thiophene rings is 1. The Labute approximate surface area is 121 Å². The summed E-state index contributed by atoms with van der Waals surface area (Å²) in [6.45, 7) is 0. The van der Waals surface area contributed by atoms with E-state index in [1.807, 2.05) is 17.5 Å². The second-order valence-electron chi connectivity index (χ2n) is 4.20. The molecule has 0 amide bonds. The number of rotatable bonds is 3. The van der Waals surface area contributed by atoms with E-state index in [2.05, 4.69) is 5.16 Å². The normalized spacial score (nSPS) is 10.7. The third kappa shape index (κ3) is 2.36. The molecule has 3 rings (SSSR count). The summed E-state index contributed by atoms with van der Waals surface area (Å²) in [5, 5.41) is 16.3. The molecule has 2 aromatic heterocycles. The number of halogens is 1. The van der Waals surface area contributed by atoms with Crippen molar-refractivity contribution in [2.24, 2.45) is 0 Å². The molecule has 3 aromatic rings. The predicted octanol–water partition coefficient (Wildman–Crippen LogP) is 3.70. The average molecular weight is 305 g/mol. The van der Waals surface area contributed by atoms with E-state index in [-0.39, 0.29) is 22.8 Å². The highest BCUT2D eigenvalue weighted by Gasteiger charge is 2.21. The number of nitrogen functional groups attached to an aromatic ring is 1. The molecule has 6 nitrogen and oxygen atoms in total. The number of anilines is 1. The SMILES string of the molecule is Nc1noc(-c2cc(F)cc([N+](=O)[O-])c2)c1-c1cccs1. The smallest absolute Gasteiger partial charge is 0.273 e. The van der Waals surface area contributed by atoms with Crippen molar-refractivity contribution in [3.63, 3.8) is 0 Å². The lowest BCUT2D eigenvalue weighted by atomic mass is 10.1. The van der Waals surface area contributed by atoms with Crippen molar-refractivity contribution in [3.8, 4) is 21.8 Å². The fraction of sp³-hybridized carbons (Fsp3) is 0. The number of nitrogens with two attached hydrogens (primary N) is 1. The molecular weight excluding hydrogens is 297 g/mol. The van der Waals surface area contributed by atoms with Crippen LogP contribution in [0.25, 0.3) is 21.8 Å². The summed E-state index contributed by atoms with van der Waals surface area (Å²) in [6, 6.07) is 6.84. The zero-order chi connectivity index (χ0) is 15.0. The lowest BCUT2D eigenvalue weighted by molar-refractivity contribution is -0.385. The zero-order valence-corrected chi connectivity index (χ0v) is 11.3. The molecule has 8 heteroatoms. The Hall–Kier alpha value is -2.74. The first-order valence-corrected chi connectivity index (χ1v) is 6.68. The van der Waals surface area contributed by atoms with E-state index >= 15 is 0 Å². The van der Waals surface area contributed by atoms with Gasteiger partial charge in [-0.3, -0.25) is 10.1 Å². The van der Waals surface area contributed by atoms with Crippen LogP contribution in [0.5, 0.6) is 0 Å². The maximum atomic E-state index is 13.6. The Bertz CT molecular complexity index is 814. The summed E-state index contributed by atoms with van der Waals surface area (Å²) in [4.78, 5) is 10.9. The van der Waals surface area contributed by atoms with Gasteiger partial charge < -0.3 is 10.3 Å². The lowest BCUT2D eigenvalue weighted by Gasteiger charge is -2.01. The summed E-state index contributed by atoms with van der Waals surface area (Å²) < 4.78 is 18.7. The minimum atomic E-state index is -0.730. The van der Waals surface area contributed by atoms with Gasteiger partial charge in [0.25, 0.3) is 5.69 Å². The highest BCUT2D eigenvalue weighted by molar-refractivity contribution is 7.13. The first kappa shape index (κ1) is 13.3. The van der Waals surface area contributed by atoms with Crippen LogP contribution in [0.4, 0.5) is 15.9 Å². The summed E-state index contributed by atoms with van der Waals surface area (Å²) in [5.41, 5.74) is 6.14. The van der Waals surface area contributed by atoms with Gasteiger partial charge in [0.05, 0.1) is 16.6 Å². The van der Waals surface area contributed by atoms with Gasteiger partial charge in [0.1, 0.15) is 5.82 Å². The number of nitro benzene ring substituents is 1. The van der Waals surface area contributed by atoms with Gasteiger partial charge in [0.2, 0.25) is 0 Å². The first-order chi connectivity index (χ1) is 10.1. The molecule has 0 aliphatic carbocycles. The van der Waals surface area contributed by atoms with E-state index in [0.29, 0.717) is 5.56 Å². The highest BCUT2D eigenvalue weighted by Crippen LogP contribution is 2.39. The summed E-state index contributed by atoms with van der Waals surface area (Å²) in [6.07, 6.45) is 0. The summed E-state index contributed by atoms with van der Waals surface area (Å²) in [5.74, 6) is -0.372. The molecular formula is C13H8FN3O3S. The van der Waals surface area contributed by atoms with Crippen molar-refractivity contribution >= 4 is 22.8 Å². The van der Waals surface area contributed by atoms with Gasteiger partial charge in [0, 0.05) is 16.5 Å². The van der Waals surface area contributed by atoms with Gasteiger partial charge >= 0.3 is 0 Å². The largest absolute Gasteiger partial charge is 0.380 e. The summed E-state index contributed by atoms with van der Waals surface area (Å²) in [7, 11) is 0. The molecule has 1 aromatic carbocycles. The number of benzene rings is 1. The van der Waals surface area contributed by atoms with E-state index in [1.165, 1.54) is 17.4 Å². The van der Waals surface area contributed by atoms with Crippen molar-refractivity contribution < 1.29 is 13.8 Å². The third-order valence-electron chi connectivity index (χ3n) is 2.84. The molecule has 0 aliphatic heterocycles. The van der Waals surface area contributed by atoms with Crippen molar-refractivity contribution in [3.05, 3.63) is 51.6 Å². The second-order valence-corrected chi connectivity index (χ2v) is 5.15. The number of nitrogens with zero attached hydrogens (tertiary/aromatic N) is 2. The van der Waals surface area contributed by atoms with Crippen LogP contribution in [0.1, 0.15) is 0 Å². The van der Waals surface area contributed by atoms with Crippen molar-refractivity contribution in [1.82, 2.24) is 5.16 Å². The molecule has 0 saturated heterocycles. The number of hydrogen-bond acceptors (Lipinski definition) is 6. The van der Waals surface area contributed by atoms with Crippen molar-refractivity contribution in [2.45, 2.75) is 0 Å². The molecule has 21 heavy (non-hydrogen) atoms. The zero-order valence-electron chi connectivity index (χ0n) is 10.4. The third-order valence-corrected chi connectivity index (χ3v) is 3.73. The molecule has 0 aliphatic rings. The topological polar surface area (TPSA) is 95.2 Å². The fourth-order valence-electron chi connectivity index (χ4n) is 1.97. The molecule has 0 fully saturated rings. The van der Waals surface area contributed by atoms with Crippen molar-refractivity contribution in [2.75, 3.05) is 5.73 Å². The predicted molar refractivity (Wildman–Crippen MR) is 76.3 cm³/mol. The number of nitro groups is 1. The second kappa shape index (κ2) is 4.98. The number of aromatic nitrogens is 1. The van der Waals surface area contributed by atoms with E-state index < -0.39 is 10.7 Å². The Morgan fingerprint density at radius 3 is 2.86 bits per heavy atom. The Kier molecular flexibility index (Phi) is 3.15. The molecule has 0 unspecified atom stereocenters. The van der Waals surface area contributed by atoms with E-state index in [0.717, 1.165) is 17.0 Å². The minimum absolute atomic E-state index is 0.152. The van der Waals surface area contributed by atoms with Gasteiger partial charge in [-0.25, -0.2) is 4.39 Å². The molecule has 2 N–H and O–H groups in total. The van der Waals surface area contributed by atoms with Crippen LogP contribution in [0, 0.1) is 15.9 Å². The lowest BCUT2D eigenvalue weighted by Crippen LogP contribution is -1.91. The van der Waals surface area contributed by atoms with Gasteiger partial charge in [0.15, 0.2) is 11.6 Å². The fourth-order valence-corrected chi connectivity index (χ4v) is 2.75. The number of hydrogen-bond donors (Lipinski definition) is 1. The molecule has 0 bridgehead atoms. The Morgan fingerprint density at radius 1 is 1.38 bits per heavy atom. The number of non-ortho nitro benzene ring substituents is 1. The first-order valence-electron chi connectivity index (χ1n) is 5.80. The Morgan fingerprint density at radius 2 is 2.19 bits per heavy atom. The van der Waals surface area contributed by atoms with Gasteiger partial charge in [-0.2, -0.15) is 0 Å². The molecule has 0 atom stereocenters. The van der Waals surface area contributed by atoms with E-state index in [9.17, 15) is 14.5 Å². The van der Waals surface area contributed by atoms with Crippen LogP contribution in [-0.2, 0) is 0 Å². The van der Waals surface area contributed by atoms with Crippen LogP contribution < -0.4 is 5.73 Å². The summed E-state index contributed by atoms with van der Waals surface area (Å²) >= 11 is 1.41. The van der Waals surface area contributed by atoms with Crippen molar-refractivity contribution in [1.29, 1.82) is 0 Å². The maximum Gasteiger partial charge on any atom is 0.273 e. The van der Waals surface area contributed by atoms with Crippen LogP contribution in [0.15, 0.2) is 40.2 Å². The van der Waals surface area contributed by atoms with E-state index in [4.69, 9.17) is 10.3 Å². The van der Waals surface area contributed by atoms with Gasteiger partial charge in [-0.15, -0.1) is 11.3 Å². The maximum absolute atomic E-state index is 13.6. The molecule has 0 saturated carbocycles. The Balaban J connectivity index is 2.20. The van der Waals surface area contributed by atoms with Crippen LogP contribution in [0.2, 0.25) is 0 Å². The molecule has 0 spiro atoms. The standard InChI is InChI=1S/C13H8FN3O3S/c14-8-4-7(5-9(6-8)17(18)19)12-11(13(15)16-20-12)10-2-1-3-21-10/h1-6H,(H2,15,16). The molecule has 2 heterocycles. The van der Waals surface area contributed by atoms with Crippen LogP contribution >= 0.6 is 11.3 Å². The minimum Gasteiger partial charge on any atom is -0.380 e. The quantitative estimate of drug-likeness (QED) is 0.588. The van der Waals surface area contributed by atoms with Crippen LogP contribution in [-0.4, -0.2) is 10.1 Å².